The summed E-state index contributed by atoms with van der Waals surface area (Å²) in [5.74, 6) is -3.10. The molecule has 0 spiro atoms. The van der Waals surface area contributed by atoms with E-state index in [1.54, 1.807) is 54.6 Å². The second kappa shape index (κ2) is 6.99. The fourth-order valence-corrected chi connectivity index (χ4v) is 3.89. The van der Waals surface area contributed by atoms with Gasteiger partial charge in [0.1, 0.15) is 0 Å². The maximum Gasteiger partial charge on any atom is 0.346 e. The van der Waals surface area contributed by atoms with E-state index in [1.165, 1.54) is 6.08 Å². The lowest BCUT2D eigenvalue weighted by molar-refractivity contribution is -0.133. The topological polar surface area (TPSA) is 86.7 Å². The van der Waals surface area contributed by atoms with Crippen molar-refractivity contribution in [2.45, 2.75) is 0 Å². The molecule has 0 N–H and O–H groups in total. The lowest BCUT2D eigenvalue weighted by Crippen LogP contribution is -2.20. The number of ether oxygens (including phenoxy) is 2. The van der Waals surface area contributed by atoms with Crippen LogP contribution in [0.1, 0.15) is 36.6 Å². The quantitative estimate of drug-likeness (QED) is 0.298. The molecule has 0 radical (unpaired) electrons. The first-order valence-electron chi connectivity index (χ1n) is 9.64. The van der Waals surface area contributed by atoms with Crippen LogP contribution in [0.2, 0.25) is 0 Å². The maximum absolute atomic E-state index is 12.4. The highest BCUT2D eigenvalue weighted by Crippen LogP contribution is 2.40. The first kappa shape index (κ1) is 19.4. The van der Waals surface area contributed by atoms with Gasteiger partial charge >= 0.3 is 23.9 Å². The number of carbonyl (C=O) groups is 4. The first-order chi connectivity index (χ1) is 15.3. The molecule has 0 saturated carbocycles. The number of hydrogen-bond donors (Lipinski definition) is 0. The Morgan fingerprint density at radius 3 is 1.59 bits per heavy atom. The van der Waals surface area contributed by atoms with Crippen molar-refractivity contribution >= 4 is 40.2 Å². The van der Waals surface area contributed by atoms with Crippen LogP contribution in [-0.4, -0.2) is 23.9 Å². The van der Waals surface area contributed by atoms with Crippen molar-refractivity contribution in [1.82, 2.24) is 0 Å². The van der Waals surface area contributed by atoms with Gasteiger partial charge in [-0.1, -0.05) is 43.5 Å². The van der Waals surface area contributed by atoms with Crippen molar-refractivity contribution < 1.29 is 28.7 Å². The molecule has 3 aliphatic heterocycles. The zero-order valence-corrected chi connectivity index (χ0v) is 16.6. The molecule has 0 saturated heterocycles. The minimum Gasteiger partial charge on any atom is -0.386 e. The van der Waals surface area contributed by atoms with Crippen LogP contribution in [-0.2, 0) is 14.3 Å². The molecule has 3 aliphatic rings. The van der Waals surface area contributed by atoms with Gasteiger partial charge in [-0.15, -0.1) is 0 Å². The Kier molecular flexibility index (Phi) is 4.23. The highest BCUT2D eigenvalue weighted by atomic mass is 16.6. The second-order valence-electron chi connectivity index (χ2n) is 7.39. The van der Waals surface area contributed by atoms with Gasteiger partial charge in [-0.3, -0.25) is 0 Å². The molecule has 0 amide bonds. The van der Waals surface area contributed by atoms with Gasteiger partial charge in [-0.05, 0) is 58.0 Å². The Hall–Kier alpha value is -4.58. The Balaban J connectivity index is 1.88. The van der Waals surface area contributed by atoms with E-state index in [0.717, 1.165) is 11.1 Å². The molecule has 154 valence electrons. The van der Waals surface area contributed by atoms with Crippen molar-refractivity contribution in [3.8, 4) is 11.1 Å². The van der Waals surface area contributed by atoms with Gasteiger partial charge in [0, 0.05) is 5.39 Å². The molecule has 3 aromatic rings. The van der Waals surface area contributed by atoms with Crippen molar-refractivity contribution in [3.05, 3.63) is 102 Å². The van der Waals surface area contributed by atoms with E-state index in [1.807, 2.05) is 0 Å². The average molecular weight is 422 g/mol. The van der Waals surface area contributed by atoms with Gasteiger partial charge in [-0.2, -0.15) is 0 Å². The number of fused-ring (bicyclic) bond motifs is 7. The minimum atomic E-state index is -0.869. The van der Waals surface area contributed by atoms with Crippen LogP contribution in [0.25, 0.3) is 27.5 Å². The number of allylic oxidation sites excluding steroid dienone is 2. The molecule has 6 heteroatoms. The van der Waals surface area contributed by atoms with Crippen molar-refractivity contribution in [1.29, 1.82) is 0 Å². The number of cyclic esters (lactones) is 2. The summed E-state index contributed by atoms with van der Waals surface area (Å²) < 4.78 is 9.75. The van der Waals surface area contributed by atoms with E-state index in [0.29, 0.717) is 21.9 Å². The van der Waals surface area contributed by atoms with E-state index in [2.05, 4.69) is 13.2 Å². The molecule has 3 heterocycles. The predicted octanol–water partition coefficient (Wildman–Crippen LogP) is 4.64. The molecule has 2 bridgehead atoms. The van der Waals surface area contributed by atoms with Gasteiger partial charge < -0.3 is 9.47 Å². The molecule has 6 rings (SSSR count). The summed E-state index contributed by atoms with van der Waals surface area (Å²) in [6, 6.07) is 13.2. The fourth-order valence-electron chi connectivity index (χ4n) is 3.89. The molecule has 6 nitrogen and oxygen atoms in total. The molecule has 32 heavy (non-hydrogen) atoms. The van der Waals surface area contributed by atoms with Gasteiger partial charge in [0.05, 0.1) is 22.3 Å². The number of hydrogen-bond acceptors (Lipinski definition) is 6. The number of benzene rings is 3. The van der Waals surface area contributed by atoms with Crippen LogP contribution in [0.5, 0.6) is 0 Å². The highest BCUT2D eigenvalue weighted by Gasteiger charge is 2.30. The summed E-state index contributed by atoms with van der Waals surface area (Å²) in [7, 11) is 0. The zero-order chi connectivity index (χ0) is 22.6. The third kappa shape index (κ3) is 2.89. The smallest absolute Gasteiger partial charge is 0.346 e. The van der Waals surface area contributed by atoms with Crippen LogP contribution >= 0.6 is 0 Å². The van der Waals surface area contributed by atoms with Crippen molar-refractivity contribution in [2.75, 3.05) is 0 Å². The van der Waals surface area contributed by atoms with E-state index < -0.39 is 23.9 Å². The third-order valence-electron chi connectivity index (χ3n) is 5.50. The van der Waals surface area contributed by atoms with Crippen molar-refractivity contribution in [3.63, 3.8) is 0 Å². The predicted molar refractivity (Wildman–Crippen MR) is 117 cm³/mol. The summed E-state index contributed by atoms with van der Waals surface area (Å²) in [5.41, 5.74) is 3.37. The molecule has 0 aromatic heterocycles. The SMILES string of the molecule is C=C1/C=C\C(=C)c2ccc3c4c(ccc(c24)-c2ccc(cc2)C(=O)OC1=O)C(=O)OC3=O. The Labute approximate surface area is 182 Å². The van der Waals surface area contributed by atoms with Crippen LogP contribution in [0.4, 0.5) is 0 Å². The molecular formula is C26H14O6. The van der Waals surface area contributed by atoms with Gasteiger partial charge in [0.25, 0.3) is 0 Å². The second-order valence-corrected chi connectivity index (χ2v) is 7.39. The molecule has 0 unspecified atom stereocenters. The van der Waals surface area contributed by atoms with E-state index in [4.69, 9.17) is 9.47 Å². The molecule has 3 aromatic carbocycles. The minimum absolute atomic E-state index is 0.0325. The summed E-state index contributed by atoms with van der Waals surface area (Å²) in [4.78, 5) is 49.3. The summed E-state index contributed by atoms with van der Waals surface area (Å²) in [6.45, 7) is 7.74. The van der Waals surface area contributed by atoms with E-state index >= 15 is 0 Å². The first-order valence-corrected chi connectivity index (χ1v) is 9.64. The Morgan fingerprint density at radius 2 is 0.938 bits per heavy atom. The summed E-state index contributed by atoms with van der Waals surface area (Å²) >= 11 is 0. The lowest BCUT2D eigenvalue weighted by Gasteiger charge is -2.20. The number of esters is 4. The monoisotopic (exact) mass is 422 g/mol. The summed E-state index contributed by atoms with van der Waals surface area (Å²) in [6.07, 6.45) is 2.97. The summed E-state index contributed by atoms with van der Waals surface area (Å²) in [5, 5.41) is 1.12. The Bertz CT molecular complexity index is 1430. The van der Waals surface area contributed by atoms with Crippen LogP contribution in [0.3, 0.4) is 0 Å². The lowest BCUT2D eigenvalue weighted by atomic mass is 9.86. The third-order valence-corrected chi connectivity index (χ3v) is 5.50. The number of carbonyl (C=O) groups excluding carboxylic acids is 4. The molecule has 0 fully saturated rings. The zero-order valence-electron chi connectivity index (χ0n) is 16.6. The van der Waals surface area contributed by atoms with Crippen LogP contribution < -0.4 is 0 Å². The molecule has 0 atom stereocenters. The Morgan fingerprint density at radius 1 is 0.469 bits per heavy atom. The normalized spacial score (nSPS) is 16.6. The van der Waals surface area contributed by atoms with Gasteiger partial charge in [-0.25, -0.2) is 19.2 Å². The number of rotatable bonds is 0. The largest absolute Gasteiger partial charge is 0.386 e. The van der Waals surface area contributed by atoms with E-state index in [9.17, 15) is 19.2 Å². The van der Waals surface area contributed by atoms with Gasteiger partial charge in [0.15, 0.2) is 0 Å². The highest BCUT2D eigenvalue weighted by molar-refractivity contribution is 6.24. The fraction of sp³-hybridized carbons (Fsp3) is 0. The van der Waals surface area contributed by atoms with E-state index in [-0.39, 0.29) is 22.3 Å². The van der Waals surface area contributed by atoms with Crippen LogP contribution in [0.15, 0.2) is 79.4 Å². The van der Waals surface area contributed by atoms with Gasteiger partial charge in [0.2, 0.25) is 0 Å². The van der Waals surface area contributed by atoms with Crippen LogP contribution in [0, 0.1) is 0 Å². The average Bonchev–Trinajstić information content (AvgIpc) is 2.79. The molecular weight excluding hydrogens is 408 g/mol. The molecule has 0 aliphatic carbocycles. The maximum atomic E-state index is 12.4. The standard InChI is InChI=1S/C26H14O6/c1-13-3-4-14(2)23(27)31-24(28)16-7-5-15(6-8-16)18-10-12-20-22-19(25(29)32-26(20)30)11-9-17(13)21(18)22/h3-12H,1-2H2/b4-3-. The van der Waals surface area contributed by atoms with Crippen molar-refractivity contribution in [2.24, 2.45) is 0 Å².